The molecule has 0 aromatic heterocycles. The van der Waals surface area contributed by atoms with Crippen molar-refractivity contribution in [2.45, 2.75) is 18.1 Å². The highest BCUT2D eigenvalue weighted by Crippen LogP contribution is 2.45. The molecule has 0 saturated carbocycles. The number of aliphatic hydroxyl groups is 1. The van der Waals surface area contributed by atoms with Crippen LogP contribution in [-0.2, 0) is 0 Å². The van der Waals surface area contributed by atoms with E-state index < -0.39 is 5.72 Å². The molecule has 1 saturated heterocycles. The van der Waals surface area contributed by atoms with Gasteiger partial charge in [0, 0.05) is 18.8 Å². The first kappa shape index (κ1) is 17.5. The summed E-state index contributed by atoms with van der Waals surface area (Å²) in [5.41, 5.74) is 1.37. The fourth-order valence-electron chi connectivity index (χ4n) is 3.57. The molecule has 0 radical (unpaired) electrons. The van der Waals surface area contributed by atoms with E-state index in [0.29, 0.717) is 5.75 Å². The molecule has 0 bridgehead atoms. The Kier molecular flexibility index (Phi) is 5.33. The normalized spacial score (nSPS) is 22.8. The van der Waals surface area contributed by atoms with Gasteiger partial charge in [0.15, 0.2) is 10.9 Å². The predicted octanol–water partition coefficient (Wildman–Crippen LogP) is 3.89. The van der Waals surface area contributed by atoms with Gasteiger partial charge in [-0.05, 0) is 17.5 Å². The van der Waals surface area contributed by atoms with E-state index in [0.717, 1.165) is 35.8 Å². The van der Waals surface area contributed by atoms with E-state index in [1.807, 2.05) is 36.4 Å². The Bertz CT molecular complexity index is 670. The fourth-order valence-corrected chi connectivity index (χ4v) is 4.82. The average Bonchev–Trinajstić information content (AvgIpc) is 2.95. The van der Waals surface area contributed by atoms with Crippen molar-refractivity contribution in [3.8, 4) is 0 Å². The van der Waals surface area contributed by atoms with Gasteiger partial charge in [-0.2, -0.15) is 0 Å². The van der Waals surface area contributed by atoms with E-state index in [9.17, 15) is 5.11 Å². The summed E-state index contributed by atoms with van der Waals surface area (Å²) in [4.78, 5) is 6.72. The van der Waals surface area contributed by atoms with Gasteiger partial charge in [-0.1, -0.05) is 72.4 Å². The number of nitrogens with zero attached hydrogens (tertiary/aromatic N) is 2. The van der Waals surface area contributed by atoms with Gasteiger partial charge in [-0.25, -0.2) is 0 Å². The van der Waals surface area contributed by atoms with Crippen LogP contribution >= 0.6 is 28.7 Å². The second kappa shape index (κ2) is 7.30. The van der Waals surface area contributed by atoms with Crippen molar-refractivity contribution in [2.24, 2.45) is 4.99 Å². The maximum absolute atomic E-state index is 11.7. The van der Waals surface area contributed by atoms with E-state index in [-0.39, 0.29) is 22.9 Å². The van der Waals surface area contributed by atoms with Crippen LogP contribution in [0.3, 0.4) is 0 Å². The number of aliphatic imine (C=N–C) groups is 1. The van der Waals surface area contributed by atoms with Gasteiger partial charge in [0.2, 0.25) is 0 Å². The van der Waals surface area contributed by atoms with Crippen molar-refractivity contribution < 1.29 is 5.11 Å². The number of hydrogen-bond donors (Lipinski definition) is 1. The summed E-state index contributed by atoms with van der Waals surface area (Å²) in [6.07, 6.45) is 1.00. The van der Waals surface area contributed by atoms with Crippen molar-refractivity contribution >= 4 is 33.9 Å². The van der Waals surface area contributed by atoms with Gasteiger partial charge in [-0.15, -0.1) is 17.0 Å². The molecule has 1 N–H and O–H groups in total. The average molecular weight is 405 g/mol. The first-order chi connectivity index (χ1) is 11.3. The van der Waals surface area contributed by atoms with Gasteiger partial charge in [-0.3, -0.25) is 4.99 Å². The maximum Gasteiger partial charge on any atom is 0.161 e. The van der Waals surface area contributed by atoms with Crippen LogP contribution < -0.4 is 0 Å². The summed E-state index contributed by atoms with van der Waals surface area (Å²) in [5.74, 6) is 0.573. The zero-order valence-corrected chi connectivity index (χ0v) is 15.9. The number of rotatable bonds is 3. The summed E-state index contributed by atoms with van der Waals surface area (Å²) in [5, 5.41) is 12.7. The minimum Gasteiger partial charge on any atom is -0.369 e. The van der Waals surface area contributed by atoms with Crippen LogP contribution in [0.25, 0.3) is 0 Å². The standard InChI is InChI=1S/C19H20N2OS.BrH/c22-19(14-23-18-20-12-7-13-21(18)19)17(15-8-3-1-4-9-15)16-10-5-2-6-11-16;/h1-6,8-11,17,22H,7,12-14H2;1H. The molecule has 0 amide bonds. The molecule has 24 heavy (non-hydrogen) atoms. The zero-order chi connectivity index (χ0) is 15.7. The lowest BCUT2D eigenvalue weighted by Crippen LogP contribution is -2.53. The lowest BCUT2D eigenvalue weighted by Gasteiger charge is -2.42. The lowest BCUT2D eigenvalue weighted by molar-refractivity contribution is -0.0573. The second-order valence-corrected chi connectivity index (χ2v) is 7.03. The maximum atomic E-state index is 11.7. The van der Waals surface area contributed by atoms with Crippen LogP contribution in [0.4, 0.5) is 0 Å². The molecule has 2 heterocycles. The Morgan fingerprint density at radius 2 is 1.58 bits per heavy atom. The van der Waals surface area contributed by atoms with Crippen molar-refractivity contribution in [1.29, 1.82) is 0 Å². The Hall–Kier alpha value is -1.30. The third kappa shape index (κ3) is 3.01. The van der Waals surface area contributed by atoms with E-state index in [4.69, 9.17) is 0 Å². The minimum atomic E-state index is -0.924. The monoisotopic (exact) mass is 404 g/mol. The highest BCUT2D eigenvalue weighted by Gasteiger charge is 2.50. The van der Waals surface area contributed by atoms with Gasteiger partial charge in [0.25, 0.3) is 0 Å². The Morgan fingerprint density at radius 1 is 1.00 bits per heavy atom. The molecule has 1 fully saturated rings. The van der Waals surface area contributed by atoms with Crippen molar-refractivity contribution in [3.63, 3.8) is 0 Å². The molecule has 1 atom stereocenters. The van der Waals surface area contributed by atoms with Crippen LogP contribution in [0.15, 0.2) is 65.7 Å². The van der Waals surface area contributed by atoms with Crippen LogP contribution in [0.5, 0.6) is 0 Å². The number of amidine groups is 1. The molecule has 2 aliphatic heterocycles. The first-order valence-corrected chi connectivity index (χ1v) is 9.05. The quantitative estimate of drug-likeness (QED) is 0.842. The molecule has 1 unspecified atom stereocenters. The van der Waals surface area contributed by atoms with Crippen LogP contribution in [0.1, 0.15) is 23.5 Å². The molecule has 3 nitrogen and oxygen atoms in total. The molecule has 0 spiro atoms. The van der Waals surface area contributed by atoms with E-state index in [1.165, 1.54) is 0 Å². The van der Waals surface area contributed by atoms with Crippen molar-refractivity contribution in [2.75, 3.05) is 18.8 Å². The molecule has 0 aliphatic carbocycles. The fraction of sp³-hybridized carbons (Fsp3) is 0.316. The molecular weight excluding hydrogens is 384 g/mol. The highest BCUT2D eigenvalue weighted by molar-refractivity contribution is 8.93. The topological polar surface area (TPSA) is 35.8 Å². The van der Waals surface area contributed by atoms with E-state index in [2.05, 4.69) is 34.2 Å². The van der Waals surface area contributed by atoms with Crippen LogP contribution in [0, 0.1) is 0 Å². The Labute approximate surface area is 157 Å². The first-order valence-electron chi connectivity index (χ1n) is 8.06. The smallest absolute Gasteiger partial charge is 0.161 e. The molecule has 2 aromatic rings. The molecule has 2 aromatic carbocycles. The minimum absolute atomic E-state index is 0. The summed E-state index contributed by atoms with van der Waals surface area (Å²) in [6.45, 7) is 1.74. The van der Waals surface area contributed by atoms with Crippen molar-refractivity contribution in [1.82, 2.24) is 4.90 Å². The van der Waals surface area contributed by atoms with Crippen LogP contribution in [-0.4, -0.2) is 39.7 Å². The second-order valence-electron chi connectivity index (χ2n) is 6.09. The number of fused-ring (bicyclic) bond motifs is 1. The van der Waals surface area contributed by atoms with E-state index in [1.54, 1.807) is 11.8 Å². The van der Waals surface area contributed by atoms with Crippen molar-refractivity contribution in [3.05, 3.63) is 71.8 Å². The Morgan fingerprint density at radius 3 is 2.17 bits per heavy atom. The third-order valence-electron chi connectivity index (χ3n) is 4.63. The van der Waals surface area contributed by atoms with Gasteiger partial charge in [0.1, 0.15) is 0 Å². The van der Waals surface area contributed by atoms with Gasteiger partial charge in [0.05, 0.1) is 5.92 Å². The number of hydrogen-bond acceptors (Lipinski definition) is 4. The summed E-state index contributed by atoms with van der Waals surface area (Å²) in [6, 6.07) is 20.7. The molecule has 5 heteroatoms. The number of thioether (sulfide) groups is 1. The summed E-state index contributed by atoms with van der Waals surface area (Å²) >= 11 is 1.68. The highest BCUT2D eigenvalue weighted by atomic mass is 79.9. The number of benzene rings is 2. The summed E-state index contributed by atoms with van der Waals surface area (Å²) in [7, 11) is 0. The molecule has 126 valence electrons. The molecule has 4 rings (SSSR count). The summed E-state index contributed by atoms with van der Waals surface area (Å²) < 4.78 is 0. The molecular formula is C19H21BrN2OS. The molecule has 2 aliphatic rings. The Balaban J connectivity index is 0.00000169. The van der Waals surface area contributed by atoms with E-state index >= 15 is 0 Å². The number of halogens is 1. The SMILES string of the molecule is Br.OC1(C(c2ccccc2)c2ccccc2)CSC2=NCCCN21. The lowest BCUT2D eigenvalue weighted by atomic mass is 9.82. The third-order valence-corrected chi connectivity index (χ3v) is 5.80. The van der Waals surface area contributed by atoms with Gasteiger partial charge >= 0.3 is 0 Å². The van der Waals surface area contributed by atoms with Crippen LogP contribution in [0.2, 0.25) is 0 Å². The zero-order valence-electron chi connectivity index (χ0n) is 13.3. The largest absolute Gasteiger partial charge is 0.369 e. The van der Waals surface area contributed by atoms with Gasteiger partial charge < -0.3 is 10.0 Å². The predicted molar refractivity (Wildman–Crippen MR) is 106 cm³/mol.